The summed E-state index contributed by atoms with van der Waals surface area (Å²) in [4.78, 5) is 0.465. The molecule has 0 spiro atoms. The Morgan fingerprint density at radius 3 is 2.48 bits per heavy atom. The van der Waals surface area contributed by atoms with Crippen molar-refractivity contribution in [2.75, 3.05) is 0 Å². The highest BCUT2D eigenvalue weighted by Gasteiger charge is 2.31. The first-order valence-corrected chi connectivity index (χ1v) is 6.53. The second-order valence-electron chi connectivity index (χ2n) is 4.07. The van der Waals surface area contributed by atoms with E-state index in [1.54, 1.807) is 23.6 Å². The third-order valence-electron chi connectivity index (χ3n) is 2.73. The van der Waals surface area contributed by atoms with Crippen LogP contribution in [0, 0.1) is 17.1 Å². The number of hydrogen-bond acceptors (Lipinski definition) is 3. The van der Waals surface area contributed by atoms with Crippen LogP contribution in [0.15, 0.2) is 35.7 Å². The second-order valence-corrected chi connectivity index (χ2v) is 5.02. The number of alkyl halides is 3. The summed E-state index contributed by atoms with van der Waals surface area (Å²) in [5, 5.41) is 10.8. The number of rotatable bonds is 2. The second kappa shape index (κ2) is 5.58. The summed E-state index contributed by atoms with van der Waals surface area (Å²) in [5.74, 6) is -0.912. The van der Waals surface area contributed by atoms with E-state index in [2.05, 4.69) is 0 Å². The summed E-state index contributed by atoms with van der Waals surface area (Å²) in [6.07, 6.45) is -4.61. The van der Waals surface area contributed by atoms with E-state index in [1.807, 2.05) is 0 Å². The van der Waals surface area contributed by atoms with E-state index in [9.17, 15) is 17.6 Å². The zero-order chi connectivity index (χ0) is 15.6. The fourth-order valence-corrected chi connectivity index (χ4v) is 2.45. The molecule has 108 valence electrons. The molecule has 0 aliphatic carbocycles. The van der Waals surface area contributed by atoms with Crippen molar-refractivity contribution in [1.82, 2.24) is 0 Å². The summed E-state index contributed by atoms with van der Waals surface area (Å²) in [6, 6.07) is 6.97. The highest BCUT2D eigenvalue weighted by Crippen LogP contribution is 2.33. The first-order valence-electron chi connectivity index (χ1n) is 5.65. The van der Waals surface area contributed by atoms with Gasteiger partial charge in [0.25, 0.3) is 0 Å². The number of nitrogens with zero attached hydrogens (tertiary/aromatic N) is 1. The van der Waals surface area contributed by atoms with Gasteiger partial charge in [0.2, 0.25) is 0 Å². The predicted molar refractivity (Wildman–Crippen MR) is 72.3 cm³/mol. The average molecular weight is 312 g/mol. The molecule has 2 aromatic rings. The number of thiophene rings is 1. The van der Waals surface area contributed by atoms with Gasteiger partial charge >= 0.3 is 6.18 Å². The maximum atomic E-state index is 13.8. The molecule has 21 heavy (non-hydrogen) atoms. The van der Waals surface area contributed by atoms with E-state index < -0.39 is 23.1 Å². The number of nitrogens with two attached hydrogens (primary N) is 1. The fraction of sp³-hybridized carbons (Fsp3) is 0.0714. The smallest absolute Gasteiger partial charge is 0.397 e. The molecule has 0 radical (unpaired) electrons. The van der Waals surface area contributed by atoms with Crippen LogP contribution in [0.4, 0.5) is 17.6 Å². The summed E-state index contributed by atoms with van der Waals surface area (Å²) < 4.78 is 51.8. The third kappa shape index (κ3) is 3.06. The molecule has 1 aromatic heterocycles. The van der Waals surface area contributed by atoms with Gasteiger partial charge in [-0.1, -0.05) is 6.07 Å². The van der Waals surface area contributed by atoms with Crippen molar-refractivity contribution < 1.29 is 17.6 Å². The number of hydrogen-bond donors (Lipinski definition) is 1. The SMILES string of the molecule is N#C/C(=C(/N)c1cc(C(F)(F)F)ccc1F)c1cccs1. The van der Waals surface area contributed by atoms with Gasteiger partial charge in [0.15, 0.2) is 0 Å². The molecule has 1 heterocycles. The van der Waals surface area contributed by atoms with Gasteiger partial charge in [-0.2, -0.15) is 18.4 Å². The zero-order valence-corrected chi connectivity index (χ0v) is 11.2. The highest BCUT2D eigenvalue weighted by atomic mass is 32.1. The van der Waals surface area contributed by atoms with Gasteiger partial charge in [0.05, 0.1) is 16.8 Å². The van der Waals surface area contributed by atoms with Gasteiger partial charge in [-0.15, -0.1) is 11.3 Å². The molecule has 2 N–H and O–H groups in total. The number of benzene rings is 1. The molecule has 0 saturated heterocycles. The average Bonchev–Trinajstić information content (AvgIpc) is 2.92. The highest BCUT2D eigenvalue weighted by molar-refractivity contribution is 7.11. The van der Waals surface area contributed by atoms with Crippen LogP contribution in [-0.2, 0) is 6.18 Å². The van der Waals surface area contributed by atoms with Gasteiger partial charge in [-0.25, -0.2) is 4.39 Å². The molecule has 2 rings (SSSR count). The first kappa shape index (κ1) is 15.1. The van der Waals surface area contributed by atoms with Crippen LogP contribution >= 0.6 is 11.3 Å². The standard InChI is InChI=1S/C14H8F4N2S/c15-11-4-3-8(14(16,17)18)6-9(11)13(20)10(7-19)12-2-1-5-21-12/h1-6H,20H2/b13-10-. The maximum absolute atomic E-state index is 13.8. The first-order chi connectivity index (χ1) is 9.84. The lowest BCUT2D eigenvalue weighted by molar-refractivity contribution is -0.137. The monoisotopic (exact) mass is 312 g/mol. The van der Waals surface area contributed by atoms with Crippen LogP contribution in [0.25, 0.3) is 11.3 Å². The summed E-state index contributed by atoms with van der Waals surface area (Å²) in [5.41, 5.74) is 3.88. The van der Waals surface area contributed by atoms with Gasteiger partial charge in [-0.05, 0) is 29.6 Å². The Hall–Kier alpha value is -2.33. The molecular formula is C14H8F4N2S. The van der Waals surface area contributed by atoms with E-state index in [0.717, 1.165) is 0 Å². The Morgan fingerprint density at radius 1 is 1.24 bits per heavy atom. The van der Waals surface area contributed by atoms with Crippen molar-refractivity contribution >= 4 is 22.6 Å². The summed E-state index contributed by atoms with van der Waals surface area (Å²) in [6.45, 7) is 0. The molecule has 0 bridgehead atoms. The van der Waals surface area contributed by atoms with E-state index in [0.29, 0.717) is 23.1 Å². The van der Waals surface area contributed by atoms with Crippen molar-refractivity contribution in [2.24, 2.45) is 5.73 Å². The Labute approximate surface area is 121 Å². The lowest BCUT2D eigenvalue weighted by atomic mass is 10.0. The van der Waals surface area contributed by atoms with Crippen LogP contribution in [0.3, 0.4) is 0 Å². The van der Waals surface area contributed by atoms with Gasteiger partial charge in [0, 0.05) is 10.4 Å². The zero-order valence-electron chi connectivity index (χ0n) is 10.4. The molecule has 0 unspecified atom stereocenters. The minimum atomic E-state index is -4.61. The Morgan fingerprint density at radius 2 is 1.95 bits per heavy atom. The maximum Gasteiger partial charge on any atom is 0.416 e. The molecule has 2 nitrogen and oxygen atoms in total. The van der Waals surface area contributed by atoms with Crippen molar-refractivity contribution in [3.05, 3.63) is 57.5 Å². The Kier molecular flexibility index (Phi) is 4.00. The predicted octanol–water partition coefficient (Wildman–Crippen LogP) is 4.26. The van der Waals surface area contributed by atoms with Crippen LogP contribution in [0.1, 0.15) is 16.0 Å². The van der Waals surface area contributed by atoms with Crippen molar-refractivity contribution in [3.8, 4) is 6.07 Å². The van der Waals surface area contributed by atoms with Crippen molar-refractivity contribution in [2.45, 2.75) is 6.18 Å². The molecule has 0 aliphatic heterocycles. The van der Waals surface area contributed by atoms with Crippen molar-refractivity contribution in [1.29, 1.82) is 5.26 Å². The van der Waals surface area contributed by atoms with E-state index in [1.165, 1.54) is 11.3 Å². The Bertz CT molecular complexity index is 724. The van der Waals surface area contributed by atoms with E-state index in [4.69, 9.17) is 11.0 Å². The van der Waals surface area contributed by atoms with Crippen LogP contribution in [-0.4, -0.2) is 0 Å². The molecule has 0 aliphatic rings. The van der Waals surface area contributed by atoms with Crippen LogP contribution in [0.5, 0.6) is 0 Å². The quantitative estimate of drug-likeness (QED) is 0.665. The number of allylic oxidation sites excluding steroid dienone is 1. The van der Waals surface area contributed by atoms with Gasteiger partial charge < -0.3 is 5.73 Å². The topological polar surface area (TPSA) is 49.8 Å². The van der Waals surface area contributed by atoms with Crippen molar-refractivity contribution in [3.63, 3.8) is 0 Å². The lowest BCUT2D eigenvalue weighted by Crippen LogP contribution is -2.09. The van der Waals surface area contributed by atoms with Crippen LogP contribution < -0.4 is 5.73 Å². The molecule has 1 aromatic carbocycles. The molecular weight excluding hydrogens is 304 g/mol. The number of nitriles is 1. The lowest BCUT2D eigenvalue weighted by Gasteiger charge is -2.11. The molecule has 0 fully saturated rings. The Balaban J connectivity index is 2.63. The summed E-state index contributed by atoms with van der Waals surface area (Å²) in [7, 11) is 0. The minimum Gasteiger partial charge on any atom is -0.397 e. The van der Waals surface area contributed by atoms with E-state index >= 15 is 0 Å². The molecule has 0 saturated carbocycles. The van der Waals surface area contributed by atoms with Gasteiger partial charge in [0.1, 0.15) is 11.9 Å². The summed E-state index contributed by atoms with van der Waals surface area (Å²) >= 11 is 1.19. The van der Waals surface area contributed by atoms with Gasteiger partial charge in [-0.3, -0.25) is 0 Å². The molecule has 0 amide bonds. The molecule has 0 atom stereocenters. The minimum absolute atomic E-state index is 0.0526. The van der Waals surface area contributed by atoms with Crippen LogP contribution in [0.2, 0.25) is 0 Å². The molecule has 7 heteroatoms. The van der Waals surface area contributed by atoms with E-state index in [-0.39, 0.29) is 11.3 Å². The largest absolute Gasteiger partial charge is 0.416 e. The number of halogens is 4. The normalized spacial score (nSPS) is 12.7. The third-order valence-corrected chi connectivity index (χ3v) is 3.62. The fourth-order valence-electron chi connectivity index (χ4n) is 1.71.